The van der Waals surface area contributed by atoms with Crippen molar-refractivity contribution in [2.75, 3.05) is 18.5 Å². The third-order valence-corrected chi connectivity index (χ3v) is 5.17. The number of anilines is 1. The van der Waals surface area contributed by atoms with Gasteiger partial charge in [-0.25, -0.2) is 0 Å². The van der Waals surface area contributed by atoms with E-state index in [9.17, 15) is 4.79 Å². The summed E-state index contributed by atoms with van der Waals surface area (Å²) in [5.74, 6) is 1.57. The summed E-state index contributed by atoms with van der Waals surface area (Å²) in [6, 6.07) is 5.18. The number of ether oxygens (including phenoxy) is 2. The van der Waals surface area contributed by atoms with Gasteiger partial charge in [0.2, 0.25) is 5.13 Å². The molecular formula is C16H17N3O3S. The summed E-state index contributed by atoms with van der Waals surface area (Å²) in [4.78, 5) is 12.4. The highest BCUT2D eigenvalue weighted by Crippen LogP contribution is 2.36. The minimum absolute atomic E-state index is 0.212. The normalized spacial score (nSPS) is 17.2. The van der Waals surface area contributed by atoms with Crippen LogP contribution in [0.1, 0.15) is 47.0 Å². The van der Waals surface area contributed by atoms with Gasteiger partial charge in [-0.3, -0.25) is 10.1 Å². The molecular weight excluding hydrogens is 314 g/mol. The van der Waals surface area contributed by atoms with Crippen LogP contribution in [0, 0.1) is 0 Å². The fraction of sp³-hybridized carbons (Fsp3) is 0.438. The number of hydrogen-bond acceptors (Lipinski definition) is 6. The summed E-state index contributed by atoms with van der Waals surface area (Å²) in [6.07, 6.45) is 4.85. The lowest BCUT2D eigenvalue weighted by atomic mass is 10.1. The number of fused-ring (bicyclic) bond motifs is 1. The van der Waals surface area contributed by atoms with E-state index in [4.69, 9.17) is 9.47 Å². The van der Waals surface area contributed by atoms with Crippen LogP contribution in [-0.4, -0.2) is 29.3 Å². The first-order valence-electron chi connectivity index (χ1n) is 7.84. The zero-order valence-corrected chi connectivity index (χ0v) is 13.4. The molecule has 0 radical (unpaired) electrons. The van der Waals surface area contributed by atoms with Gasteiger partial charge in [0.1, 0.15) is 18.2 Å². The van der Waals surface area contributed by atoms with Crippen LogP contribution in [0.4, 0.5) is 5.13 Å². The molecule has 0 spiro atoms. The van der Waals surface area contributed by atoms with Crippen LogP contribution in [-0.2, 0) is 0 Å². The van der Waals surface area contributed by atoms with Crippen molar-refractivity contribution in [2.45, 2.75) is 31.6 Å². The molecule has 1 aliphatic carbocycles. The van der Waals surface area contributed by atoms with E-state index >= 15 is 0 Å². The van der Waals surface area contributed by atoms with E-state index in [1.807, 2.05) is 0 Å². The summed E-state index contributed by atoms with van der Waals surface area (Å²) in [7, 11) is 0. The lowest BCUT2D eigenvalue weighted by Crippen LogP contribution is -2.17. The van der Waals surface area contributed by atoms with E-state index in [-0.39, 0.29) is 5.91 Å². The summed E-state index contributed by atoms with van der Waals surface area (Å²) < 4.78 is 11.0. The van der Waals surface area contributed by atoms with Crippen molar-refractivity contribution >= 4 is 22.4 Å². The van der Waals surface area contributed by atoms with E-state index in [2.05, 4.69) is 15.5 Å². The second-order valence-electron chi connectivity index (χ2n) is 5.74. The molecule has 0 atom stereocenters. The van der Waals surface area contributed by atoms with Crippen LogP contribution < -0.4 is 14.8 Å². The molecule has 0 bridgehead atoms. The molecule has 1 fully saturated rings. The molecule has 7 heteroatoms. The predicted molar refractivity (Wildman–Crippen MR) is 86.5 cm³/mol. The molecule has 2 aliphatic rings. The van der Waals surface area contributed by atoms with E-state index in [1.54, 1.807) is 18.2 Å². The van der Waals surface area contributed by atoms with Gasteiger partial charge in [0, 0.05) is 11.5 Å². The molecule has 1 aromatic carbocycles. The van der Waals surface area contributed by atoms with Crippen molar-refractivity contribution in [3.63, 3.8) is 0 Å². The average molecular weight is 331 g/mol. The zero-order valence-electron chi connectivity index (χ0n) is 12.6. The maximum absolute atomic E-state index is 12.4. The molecule has 120 valence electrons. The van der Waals surface area contributed by atoms with Crippen LogP contribution in [0.2, 0.25) is 0 Å². The number of aromatic nitrogens is 2. The van der Waals surface area contributed by atoms with Crippen LogP contribution in [0.25, 0.3) is 0 Å². The van der Waals surface area contributed by atoms with Gasteiger partial charge in [0.05, 0.1) is 0 Å². The Bertz CT molecular complexity index is 725. The Balaban J connectivity index is 1.47. The first-order chi connectivity index (χ1) is 11.3. The number of nitrogens with one attached hydrogen (secondary N) is 1. The number of carbonyl (C=O) groups is 1. The maximum atomic E-state index is 12.4. The summed E-state index contributed by atoms with van der Waals surface area (Å²) in [6.45, 7) is 1.03. The molecule has 1 N–H and O–H groups in total. The minimum atomic E-state index is -0.212. The van der Waals surface area contributed by atoms with Gasteiger partial charge in [-0.1, -0.05) is 24.2 Å². The Labute approximate surface area is 137 Å². The van der Waals surface area contributed by atoms with Crippen molar-refractivity contribution in [3.8, 4) is 11.5 Å². The molecule has 4 rings (SSSR count). The molecule has 1 saturated carbocycles. The molecule has 23 heavy (non-hydrogen) atoms. The van der Waals surface area contributed by atoms with Gasteiger partial charge in [0.25, 0.3) is 5.91 Å². The van der Waals surface area contributed by atoms with E-state index in [1.165, 1.54) is 37.0 Å². The monoisotopic (exact) mass is 331 g/mol. The number of carbonyl (C=O) groups excluding carboxylic acids is 1. The van der Waals surface area contributed by atoms with E-state index < -0.39 is 0 Å². The summed E-state index contributed by atoms with van der Waals surface area (Å²) >= 11 is 1.47. The lowest BCUT2D eigenvalue weighted by Gasteiger charge is -2.18. The molecule has 0 saturated heterocycles. The Morgan fingerprint density at radius 3 is 2.74 bits per heavy atom. The van der Waals surface area contributed by atoms with Gasteiger partial charge in [-0.15, -0.1) is 10.2 Å². The number of benzene rings is 1. The Morgan fingerprint density at radius 2 is 1.91 bits per heavy atom. The van der Waals surface area contributed by atoms with E-state index in [0.717, 1.165) is 5.01 Å². The van der Waals surface area contributed by atoms with Gasteiger partial charge < -0.3 is 9.47 Å². The van der Waals surface area contributed by atoms with E-state index in [0.29, 0.717) is 41.3 Å². The Kier molecular flexibility index (Phi) is 3.87. The molecule has 0 unspecified atom stereocenters. The second kappa shape index (κ2) is 6.16. The first-order valence-corrected chi connectivity index (χ1v) is 8.65. The van der Waals surface area contributed by atoms with Crippen LogP contribution in [0.5, 0.6) is 11.5 Å². The predicted octanol–water partition coefficient (Wildman–Crippen LogP) is 3.22. The zero-order chi connectivity index (χ0) is 15.6. The molecule has 2 aromatic rings. The number of hydrogen-bond donors (Lipinski definition) is 1. The molecule has 2 heterocycles. The third kappa shape index (κ3) is 3.01. The Morgan fingerprint density at radius 1 is 1.13 bits per heavy atom. The standard InChI is InChI=1S/C16H17N3O3S/c20-14(11-5-6-12-13(9-11)22-8-7-21-12)17-16-19-18-15(23-16)10-3-1-2-4-10/h5-6,9-10H,1-4,7-8H2,(H,17,19,20). The van der Waals surface area contributed by atoms with Crippen molar-refractivity contribution < 1.29 is 14.3 Å². The summed E-state index contributed by atoms with van der Waals surface area (Å²) in [5.41, 5.74) is 0.520. The SMILES string of the molecule is O=C(Nc1nnc(C2CCCC2)s1)c1ccc2c(c1)OCCO2. The van der Waals surface area contributed by atoms with Crippen molar-refractivity contribution in [2.24, 2.45) is 0 Å². The lowest BCUT2D eigenvalue weighted by molar-refractivity contribution is 0.102. The number of rotatable bonds is 3. The maximum Gasteiger partial charge on any atom is 0.257 e. The van der Waals surface area contributed by atoms with Gasteiger partial charge >= 0.3 is 0 Å². The topological polar surface area (TPSA) is 73.3 Å². The molecule has 6 nitrogen and oxygen atoms in total. The van der Waals surface area contributed by atoms with Crippen LogP contribution >= 0.6 is 11.3 Å². The summed E-state index contributed by atoms with van der Waals surface area (Å²) in [5, 5.41) is 12.7. The van der Waals surface area contributed by atoms with Gasteiger partial charge in [-0.05, 0) is 31.0 Å². The third-order valence-electron chi connectivity index (χ3n) is 4.17. The smallest absolute Gasteiger partial charge is 0.257 e. The minimum Gasteiger partial charge on any atom is -0.486 e. The average Bonchev–Trinajstić information content (AvgIpc) is 3.25. The van der Waals surface area contributed by atoms with Crippen molar-refractivity contribution in [3.05, 3.63) is 28.8 Å². The highest BCUT2D eigenvalue weighted by molar-refractivity contribution is 7.15. The first kappa shape index (κ1) is 14.4. The molecule has 1 amide bonds. The fourth-order valence-corrected chi connectivity index (χ4v) is 3.88. The fourth-order valence-electron chi connectivity index (χ4n) is 2.98. The van der Waals surface area contributed by atoms with Crippen LogP contribution in [0.15, 0.2) is 18.2 Å². The van der Waals surface area contributed by atoms with Crippen LogP contribution in [0.3, 0.4) is 0 Å². The second-order valence-corrected chi connectivity index (χ2v) is 6.75. The highest BCUT2D eigenvalue weighted by atomic mass is 32.1. The largest absolute Gasteiger partial charge is 0.486 e. The Hall–Kier alpha value is -2.15. The molecule has 1 aliphatic heterocycles. The molecule has 1 aromatic heterocycles. The van der Waals surface area contributed by atoms with Crippen molar-refractivity contribution in [1.82, 2.24) is 10.2 Å². The van der Waals surface area contributed by atoms with Crippen molar-refractivity contribution in [1.29, 1.82) is 0 Å². The quantitative estimate of drug-likeness (QED) is 0.935. The van der Waals surface area contributed by atoms with Gasteiger partial charge in [-0.2, -0.15) is 0 Å². The number of amides is 1. The number of nitrogens with zero attached hydrogens (tertiary/aromatic N) is 2. The highest BCUT2D eigenvalue weighted by Gasteiger charge is 2.22. The van der Waals surface area contributed by atoms with Gasteiger partial charge in [0.15, 0.2) is 11.5 Å².